The van der Waals surface area contributed by atoms with Crippen LogP contribution in [0.5, 0.6) is 0 Å². The Morgan fingerprint density at radius 2 is 2.22 bits per heavy atom. The minimum absolute atomic E-state index is 0.179. The van der Waals surface area contributed by atoms with E-state index in [1.54, 1.807) is 25.1 Å². The molecule has 1 aromatic carbocycles. The molecule has 1 heterocycles. The van der Waals surface area contributed by atoms with Gasteiger partial charge in [-0.05, 0) is 13.0 Å². The number of anilines is 1. The van der Waals surface area contributed by atoms with Crippen LogP contribution >= 0.6 is 0 Å². The van der Waals surface area contributed by atoms with Crippen LogP contribution < -0.4 is 11.1 Å². The molecule has 0 fully saturated rings. The summed E-state index contributed by atoms with van der Waals surface area (Å²) in [5.41, 5.74) is 6.41. The number of rotatable bonds is 3. The lowest BCUT2D eigenvalue weighted by Crippen LogP contribution is -2.28. The maximum absolute atomic E-state index is 13.5. The molecule has 0 bridgehead atoms. The Morgan fingerprint density at radius 3 is 2.83 bits per heavy atom. The fraction of sp³-hybridized carbons (Fsp3) is 0.167. The largest absolute Gasteiger partial charge is 0.396 e. The number of hydrogen-bond acceptors (Lipinski definition) is 3. The van der Waals surface area contributed by atoms with Crippen molar-refractivity contribution >= 4 is 11.6 Å². The molecule has 5 nitrogen and oxygen atoms in total. The number of carbonyl (C=O) groups is 1. The lowest BCUT2D eigenvalue weighted by molar-refractivity contribution is 0.0935. The van der Waals surface area contributed by atoms with Crippen LogP contribution in [0.2, 0.25) is 0 Å². The van der Waals surface area contributed by atoms with E-state index < -0.39 is 11.9 Å². The van der Waals surface area contributed by atoms with E-state index in [4.69, 9.17) is 5.73 Å². The second-order valence-corrected chi connectivity index (χ2v) is 3.92. The summed E-state index contributed by atoms with van der Waals surface area (Å²) in [5.74, 6) is -0.774. The highest BCUT2D eigenvalue weighted by Gasteiger charge is 2.17. The molecule has 1 atom stereocenters. The van der Waals surface area contributed by atoms with Crippen molar-refractivity contribution in [2.45, 2.75) is 13.0 Å². The Hall–Kier alpha value is -2.37. The second kappa shape index (κ2) is 4.87. The van der Waals surface area contributed by atoms with E-state index in [-0.39, 0.29) is 17.2 Å². The molecule has 1 amide bonds. The maximum Gasteiger partial charge on any atom is 0.271 e. The molecule has 94 valence electrons. The predicted octanol–water partition coefficient (Wildman–Crippen LogP) is 1.62. The normalized spacial score (nSPS) is 12.1. The first-order chi connectivity index (χ1) is 8.59. The van der Waals surface area contributed by atoms with Gasteiger partial charge in [-0.1, -0.05) is 18.2 Å². The molecule has 0 aliphatic carbocycles. The van der Waals surface area contributed by atoms with Gasteiger partial charge >= 0.3 is 0 Å². The highest BCUT2D eigenvalue weighted by Crippen LogP contribution is 2.17. The van der Waals surface area contributed by atoms with Crippen LogP contribution in [0.3, 0.4) is 0 Å². The molecule has 4 N–H and O–H groups in total. The average molecular weight is 248 g/mol. The molecule has 0 aliphatic heterocycles. The number of benzene rings is 1. The zero-order valence-electron chi connectivity index (χ0n) is 9.77. The van der Waals surface area contributed by atoms with E-state index in [0.717, 1.165) is 0 Å². The third kappa shape index (κ3) is 2.32. The van der Waals surface area contributed by atoms with E-state index in [2.05, 4.69) is 15.5 Å². The monoisotopic (exact) mass is 248 g/mol. The van der Waals surface area contributed by atoms with Gasteiger partial charge in [0, 0.05) is 5.56 Å². The minimum atomic E-state index is -0.457. The van der Waals surface area contributed by atoms with Crippen molar-refractivity contribution in [3.8, 4) is 0 Å². The number of nitrogens with zero attached hydrogens (tertiary/aromatic N) is 1. The summed E-state index contributed by atoms with van der Waals surface area (Å²) >= 11 is 0. The van der Waals surface area contributed by atoms with Crippen LogP contribution in [0.1, 0.15) is 29.0 Å². The van der Waals surface area contributed by atoms with Gasteiger partial charge in [-0.3, -0.25) is 9.89 Å². The van der Waals surface area contributed by atoms with Crippen molar-refractivity contribution in [2.75, 3.05) is 5.73 Å². The number of H-pyrrole nitrogens is 1. The molecule has 2 aromatic rings. The average Bonchev–Trinajstić information content (AvgIpc) is 2.76. The van der Waals surface area contributed by atoms with E-state index in [9.17, 15) is 9.18 Å². The molecule has 1 unspecified atom stereocenters. The summed E-state index contributed by atoms with van der Waals surface area (Å²) in [7, 11) is 0. The summed E-state index contributed by atoms with van der Waals surface area (Å²) in [6, 6.07) is 5.83. The molecule has 0 aliphatic rings. The quantitative estimate of drug-likeness (QED) is 0.771. The molecular weight excluding hydrogens is 235 g/mol. The van der Waals surface area contributed by atoms with Crippen molar-refractivity contribution < 1.29 is 9.18 Å². The lowest BCUT2D eigenvalue weighted by Gasteiger charge is -2.14. The Morgan fingerprint density at radius 1 is 1.50 bits per heavy atom. The van der Waals surface area contributed by atoms with Crippen molar-refractivity contribution in [2.24, 2.45) is 0 Å². The summed E-state index contributed by atoms with van der Waals surface area (Å²) in [6.45, 7) is 1.70. The van der Waals surface area contributed by atoms with Gasteiger partial charge in [-0.2, -0.15) is 5.10 Å². The van der Waals surface area contributed by atoms with Crippen molar-refractivity contribution in [1.29, 1.82) is 0 Å². The third-order valence-corrected chi connectivity index (χ3v) is 2.62. The van der Waals surface area contributed by atoms with Crippen LogP contribution in [-0.4, -0.2) is 16.1 Å². The minimum Gasteiger partial charge on any atom is -0.396 e. The zero-order valence-corrected chi connectivity index (χ0v) is 9.77. The number of nitrogens with one attached hydrogen (secondary N) is 2. The molecule has 0 radical (unpaired) electrons. The van der Waals surface area contributed by atoms with Crippen molar-refractivity contribution in [3.05, 3.63) is 47.5 Å². The number of carbonyl (C=O) groups excluding carboxylic acids is 1. The Bertz CT molecular complexity index is 567. The van der Waals surface area contributed by atoms with Gasteiger partial charge in [0.05, 0.1) is 17.9 Å². The maximum atomic E-state index is 13.5. The van der Waals surface area contributed by atoms with Crippen LogP contribution in [-0.2, 0) is 0 Å². The standard InChI is InChI=1S/C12H13FN4O/c1-7(8-4-2-3-5-9(8)13)16-12(18)11-10(14)6-15-17-11/h2-7H,14H2,1H3,(H,15,17)(H,16,18). The molecule has 0 spiro atoms. The predicted molar refractivity (Wildman–Crippen MR) is 65.3 cm³/mol. The first-order valence-electron chi connectivity index (χ1n) is 5.43. The fourth-order valence-electron chi connectivity index (χ4n) is 1.65. The van der Waals surface area contributed by atoms with Gasteiger partial charge in [-0.15, -0.1) is 0 Å². The number of nitrogens with two attached hydrogens (primary N) is 1. The van der Waals surface area contributed by atoms with Crippen LogP contribution in [0.15, 0.2) is 30.5 Å². The van der Waals surface area contributed by atoms with Gasteiger partial charge in [0.25, 0.3) is 5.91 Å². The topological polar surface area (TPSA) is 83.8 Å². The molecular formula is C12H13FN4O. The van der Waals surface area contributed by atoms with Crippen LogP contribution in [0.25, 0.3) is 0 Å². The van der Waals surface area contributed by atoms with Gasteiger partial charge in [0.15, 0.2) is 0 Å². The fourth-order valence-corrected chi connectivity index (χ4v) is 1.65. The van der Waals surface area contributed by atoms with Crippen molar-refractivity contribution in [3.63, 3.8) is 0 Å². The first-order valence-corrected chi connectivity index (χ1v) is 5.43. The van der Waals surface area contributed by atoms with Crippen LogP contribution in [0, 0.1) is 5.82 Å². The van der Waals surface area contributed by atoms with E-state index in [1.807, 2.05) is 0 Å². The molecule has 6 heteroatoms. The molecule has 18 heavy (non-hydrogen) atoms. The number of halogens is 1. The summed E-state index contributed by atoms with van der Waals surface area (Å²) in [5, 5.41) is 8.80. The summed E-state index contributed by atoms with van der Waals surface area (Å²) in [4.78, 5) is 11.8. The summed E-state index contributed by atoms with van der Waals surface area (Å²) in [6.07, 6.45) is 1.35. The van der Waals surface area contributed by atoms with Gasteiger partial charge in [0.2, 0.25) is 0 Å². The van der Waals surface area contributed by atoms with Gasteiger partial charge in [0.1, 0.15) is 11.5 Å². The number of nitrogen functional groups attached to an aromatic ring is 1. The van der Waals surface area contributed by atoms with E-state index in [1.165, 1.54) is 12.3 Å². The zero-order chi connectivity index (χ0) is 13.1. The van der Waals surface area contributed by atoms with E-state index in [0.29, 0.717) is 5.56 Å². The number of aromatic amines is 1. The highest BCUT2D eigenvalue weighted by molar-refractivity contribution is 5.97. The number of aromatic nitrogens is 2. The van der Waals surface area contributed by atoms with E-state index >= 15 is 0 Å². The van der Waals surface area contributed by atoms with Gasteiger partial charge < -0.3 is 11.1 Å². The van der Waals surface area contributed by atoms with Crippen molar-refractivity contribution in [1.82, 2.24) is 15.5 Å². The first kappa shape index (κ1) is 12.1. The highest BCUT2D eigenvalue weighted by atomic mass is 19.1. The van der Waals surface area contributed by atoms with Gasteiger partial charge in [-0.25, -0.2) is 4.39 Å². The molecule has 2 rings (SSSR count). The Labute approximate surface area is 103 Å². The molecule has 1 aromatic heterocycles. The Kier molecular flexibility index (Phi) is 3.27. The third-order valence-electron chi connectivity index (χ3n) is 2.62. The van der Waals surface area contributed by atoms with Crippen LogP contribution in [0.4, 0.5) is 10.1 Å². The smallest absolute Gasteiger partial charge is 0.271 e. The SMILES string of the molecule is CC(NC(=O)c1[nH]ncc1N)c1ccccc1F. The number of hydrogen-bond donors (Lipinski definition) is 3. The lowest BCUT2D eigenvalue weighted by atomic mass is 10.1. The number of amides is 1. The second-order valence-electron chi connectivity index (χ2n) is 3.92. The Balaban J connectivity index is 2.13. The molecule has 0 saturated heterocycles. The summed E-state index contributed by atoms with van der Waals surface area (Å²) < 4.78 is 13.5. The molecule has 0 saturated carbocycles.